The predicted octanol–water partition coefficient (Wildman–Crippen LogP) is 2.85. The van der Waals surface area contributed by atoms with E-state index in [0.717, 1.165) is 24.2 Å². The zero-order valence-corrected chi connectivity index (χ0v) is 15.5. The highest BCUT2D eigenvalue weighted by Crippen LogP contribution is 2.54. The van der Waals surface area contributed by atoms with Crippen LogP contribution in [0.1, 0.15) is 50.3 Å². The molecule has 3 N–H and O–H groups in total. The average molecular weight is 360 g/mol. The predicted molar refractivity (Wildman–Crippen MR) is 97.9 cm³/mol. The molecule has 1 aliphatic carbocycles. The van der Waals surface area contributed by atoms with Crippen molar-refractivity contribution in [1.82, 2.24) is 9.97 Å². The van der Waals surface area contributed by atoms with Crippen LogP contribution in [0.3, 0.4) is 0 Å². The van der Waals surface area contributed by atoms with Gasteiger partial charge in [0.25, 0.3) is 0 Å². The van der Waals surface area contributed by atoms with Crippen molar-refractivity contribution in [3.63, 3.8) is 0 Å². The minimum atomic E-state index is -3.64. The molecular formula is C18H24N4O2S. The van der Waals surface area contributed by atoms with Gasteiger partial charge in [0.05, 0.1) is 4.90 Å². The van der Waals surface area contributed by atoms with Crippen molar-refractivity contribution in [2.24, 2.45) is 10.6 Å². The van der Waals surface area contributed by atoms with Gasteiger partial charge in [-0.15, -0.1) is 0 Å². The van der Waals surface area contributed by atoms with Crippen LogP contribution in [0.4, 0.5) is 5.95 Å². The first-order chi connectivity index (χ1) is 11.6. The van der Waals surface area contributed by atoms with Gasteiger partial charge in [-0.3, -0.25) is 0 Å². The van der Waals surface area contributed by atoms with Crippen LogP contribution in [0.5, 0.6) is 0 Å². The molecular weight excluding hydrogens is 336 g/mol. The molecule has 3 rings (SSSR count). The standard InChI is InChI=1S/C18H24N4O2S/c1-18(2,3)11-21-17-20-9-8-16(22-17)15-10-14(15)12-4-6-13(7-5-12)25(19,23)24/h4-9,14-15H,10-11H2,1-3H3,(H2,19,23,24)(H,20,21,22)/t14-,15+/m0/s1. The van der Waals surface area contributed by atoms with E-state index >= 15 is 0 Å². The van der Waals surface area contributed by atoms with Crippen molar-refractivity contribution < 1.29 is 8.42 Å². The van der Waals surface area contributed by atoms with Crippen LogP contribution in [0.2, 0.25) is 0 Å². The first-order valence-corrected chi connectivity index (χ1v) is 9.88. The lowest BCUT2D eigenvalue weighted by atomic mass is 9.97. The number of nitrogens with one attached hydrogen (secondary N) is 1. The summed E-state index contributed by atoms with van der Waals surface area (Å²) in [6.45, 7) is 7.28. The monoisotopic (exact) mass is 360 g/mol. The second-order valence-corrected chi connectivity index (χ2v) is 9.34. The maximum atomic E-state index is 11.3. The SMILES string of the molecule is CC(C)(C)CNc1nccc([C@@H]2C[C@H]2c2ccc(S(N)(=O)=O)cc2)n1. The molecule has 1 fully saturated rings. The number of sulfonamides is 1. The molecule has 25 heavy (non-hydrogen) atoms. The van der Waals surface area contributed by atoms with Gasteiger partial charge < -0.3 is 5.32 Å². The Balaban J connectivity index is 1.69. The number of aromatic nitrogens is 2. The zero-order valence-electron chi connectivity index (χ0n) is 14.7. The fraction of sp³-hybridized carbons (Fsp3) is 0.444. The van der Waals surface area contributed by atoms with Crippen LogP contribution in [-0.4, -0.2) is 24.9 Å². The van der Waals surface area contributed by atoms with Crippen molar-refractivity contribution in [3.05, 3.63) is 47.8 Å². The van der Waals surface area contributed by atoms with E-state index in [1.165, 1.54) is 0 Å². The molecule has 6 nitrogen and oxygen atoms in total. The lowest BCUT2D eigenvalue weighted by molar-refractivity contribution is 0.441. The molecule has 0 unspecified atom stereocenters. The second kappa shape index (κ2) is 6.38. The summed E-state index contributed by atoms with van der Waals surface area (Å²) in [6.07, 6.45) is 2.79. The molecule has 1 aromatic heterocycles. The molecule has 1 saturated carbocycles. The number of hydrogen-bond donors (Lipinski definition) is 2. The van der Waals surface area contributed by atoms with Crippen molar-refractivity contribution in [2.75, 3.05) is 11.9 Å². The molecule has 0 spiro atoms. The van der Waals surface area contributed by atoms with Crippen LogP contribution >= 0.6 is 0 Å². The third-order valence-electron chi connectivity index (χ3n) is 4.26. The molecule has 7 heteroatoms. The summed E-state index contributed by atoms with van der Waals surface area (Å²) in [5.74, 6) is 1.36. The van der Waals surface area contributed by atoms with E-state index in [1.54, 1.807) is 18.3 Å². The molecule has 1 aliphatic rings. The Morgan fingerprint density at radius 1 is 1.16 bits per heavy atom. The normalized spacial score (nSPS) is 20.3. The van der Waals surface area contributed by atoms with E-state index in [4.69, 9.17) is 5.14 Å². The summed E-state index contributed by atoms with van der Waals surface area (Å²) in [5, 5.41) is 8.42. The summed E-state index contributed by atoms with van der Waals surface area (Å²) in [5.41, 5.74) is 2.29. The van der Waals surface area contributed by atoms with E-state index in [9.17, 15) is 8.42 Å². The maximum absolute atomic E-state index is 11.3. The van der Waals surface area contributed by atoms with E-state index in [1.807, 2.05) is 18.2 Å². The van der Waals surface area contributed by atoms with E-state index in [2.05, 4.69) is 36.1 Å². The smallest absolute Gasteiger partial charge is 0.238 e. The quantitative estimate of drug-likeness (QED) is 0.854. The Labute approximate surface area is 148 Å². The molecule has 0 amide bonds. The first kappa shape index (κ1) is 17.8. The Bertz CT molecular complexity index is 857. The summed E-state index contributed by atoms with van der Waals surface area (Å²) >= 11 is 0. The number of anilines is 1. The maximum Gasteiger partial charge on any atom is 0.238 e. The van der Waals surface area contributed by atoms with E-state index < -0.39 is 10.0 Å². The highest BCUT2D eigenvalue weighted by molar-refractivity contribution is 7.89. The molecule has 2 atom stereocenters. The number of rotatable bonds is 5. The van der Waals surface area contributed by atoms with Crippen LogP contribution in [0, 0.1) is 5.41 Å². The first-order valence-electron chi connectivity index (χ1n) is 8.33. The Morgan fingerprint density at radius 2 is 1.84 bits per heavy atom. The molecule has 0 radical (unpaired) electrons. The molecule has 0 saturated heterocycles. The minimum absolute atomic E-state index is 0.143. The highest BCUT2D eigenvalue weighted by Gasteiger charge is 2.40. The molecule has 2 aromatic rings. The van der Waals surface area contributed by atoms with Gasteiger partial charge in [0, 0.05) is 24.4 Å². The lowest BCUT2D eigenvalue weighted by Crippen LogP contribution is -2.20. The van der Waals surface area contributed by atoms with Crippen LogP contribution in [-0.2, 0) is 10.0 Å². The van der Waals surface area contributed by atoms with Crippen molar-refractivity contribution in [3.8, 4) is 0 Å². The van der Waals surface area contributed by atoms with E-state index in [-0.39, 0.29) is 10.3 Å². The number of nitrogens with zero attached hydrogens (tertiary/aromatic N) is 2. The summed E-state index contributed by atoms with van der Waals surface area (Å²) in [6, 6.07) is 8.76. The van der Waals surface area contributed by atoms with Crippen LogP contribution in [0.15, 0.2) is 41.4 Å². The Morgan fingerprint density at radius 3 is 2.44 bits per heavy atom. The van der Waals surface area contributed by atoms with Gasteiger partial charge in [0.1, 0.15) is 0 Å². The second-order valence-electron chi connectivity index (χ2n) is 7.78. The molecule has 1 aromatic carbocycles. The zero-order chi connectivity index (χ0) is 18.2. The minimum Gasteiger partial charge on any atom is -0.354 e. The lowest BCUT2D eigenvalue weighted by Gasteiger charge is -2.18. The van der Waals surface area contributed by atoms with Gasteiger partial charge >= 0.3 is 0 Å². The molecule has 1 heterocycles. The number of nitrogens with two attached hydrogens (primary N) is 1. The topological polar surface area (TPSA) is 98.0 Å². The molecule has 0 aliphatic heterocycles. The fourth-order valence-electron chi connectivity index (χ4n) is 2.80. The number of primary sulfonamides is 1. The molecule has 134 valence electrons. The third-order valence-corrected chi connectivity index (χ3v) is 5.19. The largest absolute Gasteiger partial charge is 0.354 e. The van der Waals surface area contributed by atoms with Gasteiger partial charge in [0.2, 0.25) is 16.0 Å². The van der Waals surface area contributed by atoms with Gasteiger partial charge in [0.15, 0.2) is 0 Å². The van der Waals surface area contributed by atoms with Crippen molar-refractivity contribution >= 4 is 16.0 Å². The highest BCUT2D eigenvalue weighted by atomic mass is 32.2. The molecule has 0 bridgehead atoms. The Hall–Kier alpha value is -1.99. The van der Waals surface area contributed by atoms with Crippen molar-refractivity contribution in [2.45, 2.75) is 43.9 Å². The van der Waals surface area contributed by atoms with Gasteiger partial charge in [-0.05, 0) is 41.5 Å². The fourth-order valence-corrected chi connectivity index (χ4v) is 3.32. The Kier molecular flexibility index (Phi) is 4.55. The number of hydrogen-bond acceptors (Lipinski definition) is 5. The number of benzene rings is 1. The van der Waals surface area contributed by atoms with Crippen LogP contribution in [0.25, 0.3) is 0 Å². The van der Waals surface area contributed by atoms with Gasteiger partial charge in [-0.1, -0.05) is 32.9 Å². The van der Waals surface area contributed by atoms with Gasteiger partial charge in [-0.25, -0.2) is 23.5 Å². The third kappa shape index (κ3) is 4.55. The summed E-state index contributed by atoms with van der Waals surface area (Å²) in [4.78, 5) is 9.06. The summed E-state index contributed by atoms with van der Waals surface area (Å²) < 4.78 is 22.7. The summed E-state index contributed by atoms with van der Waals surface area (Å²) in [7, 11) is -3.64. The van der Waals surface area contributed by atoms with Gasteiger partial charge in [-0.2, -0.15) is 0 Å². The van der Waals surface area contributed by atoms with E-state index in [0.29, 0.717) is 17.8 Å². The van der Waals surface area contributed by atoms with Crippen molar-refractivity contribution in [1.29, 1.82) is 0 Å². The average Bonchev–Trinajstić information content (AvgIpc) is 3.33. The van der Waals surface area contributed by atoms with Crippen LogP contribution < -0.4 is 10.5 Å².